The topological polar surface area (TPSA) is 60.4 Å². The number of aromatic nitrogens is 6. The van der Waals surface area contributed by atoms with Crippen molar-refractivity contribution in [3.63, 3.8) is 0 Å². The van der Waals surface area contributed by atoms with E-state index in [2.05, 4.69) is 55.4 Å². The van der Waals surface area contributed by atoms with Gasteiger partial charge in [-0.25, -0.2) is 0 Å². The predicted octanol–water partition coefficient (Wildman–Crippen LogP) is 2.84. The quantitative estimate of drug-likeness (QED) is 0.294. The van der Waals surface area contributed by atoms with Crippen LogP contribution in [0.2, 0.25) is 4.22 Å². The minimum atomic E-state index is 0.232. The molecule has 0 saturated carbocycles. The second kappa shape index (κ2) is 8.93. The van der Waals surface area contributed by atoms with E-state index in [1.165, 1.54) is 9.18 Å². The average Bonchev–Trinajstić information content (AvgIpc) is 3.44. The number of hydrogen-bond acceptors (Lipinski definition) is 4. The van der Waals surface area contributed by atoms with Gasteiger partial charge in [-0.15, -0.1) is 0 Å². The van der Waals surface area contributed by atoms with Crippen molar-refractivity contribution in [1.82, 2.24) is 28.7 Å². The monoisotopic (exact) mass is 562 g/mol. The van der Waals surface area contributed by atoms with E-state index < -0.39 is 0 Å². The second-order valence-corrected chi connectivity index (χ2v) is 13.1. The number of rotatable bonds is 6. The van der Waals surface area contributed by atoms with Crippen LogP contribution < -0.4 is 9.18 Å². The van der Waals surface area contributed by atoms with Crippen LogP contribution in [0.5, 0.6) is 0 Å². The van der Waals surface area contributed by atoms with Crippen molar-refractivity contribution >= 4 is 50.1 Å². The van der Waals surface area contributed by atoms with Crippen LogP contribution in [0, 0.1) is 0 Å². The first-order valence-corrected chi connectivity index (χ1v) is 14.5. The molecule has 6 nitrogen and oxygen atoms in total. The molecule has 0 amide bonds. The van der Waals surface area contributed by atoms with Crippen LogP contribution in [0.1, 0.15) is 0 Å². The van der Waals surface area contributed by atoms with E-state index in [9.17, 15) is 0 Å². The summed E-state index contributed by atoms with van der Waals surface area (Å²) in [6, 6.07) is 24.4. The Balaban J connectivity index is 1.30. The van der Waals surface area contributed by atoms with Crippen LogP contribution in [0.4, 0.5) is 0 Å². The molecule has 6 heterocycles. The van der Waals surface area contributed by atoms with Crippen molar-refractivity contribution in [2.24, 2.45) is 0 Å². The maximum absolute atomic E-state index is 5.01. The summed E-state index contributed by atoms with van der Waals surface area (Å²) in [7, 11) is 0. The van der Waals surface area contributed by atoms with E-state index >= 15 is 0 Å². The zero-order valence-electron chi connectivity index (χ0n) is 17.4. The van der Waals surface area contributed by atoms with Crippen molar-refractivity contribution < 1.29 is 0 Å². The van der Waals surface area contributed by atoms with Gasteiger partial charge in [-0.2, -0.15) is 0 Å². The number of nitrogens with zero attached hydrogens (tertiary/aromatic N) is 6. The molecule has 0 N–H and O–H groups in total. The molecule has 0 atom stereocenters. The van der Waals surface area contributed by atoms with E-state index in [0.29, 0.717) is 0 Å². The van der Waals surface area contributed by atoms with Crippen LogP contribution in [-0.2, 0) is 0 Å². The van der Waals surface area contributed by atoms with E-state index in [-0.39, 0.29) is 29.9 Å². The average molecular weight is 560 g/mol. The third-order valence-electron chi connectivity index (χ3n) is 5.21. The van der Waals surface area contributed by atoms with Crippen LogP contribution in [0.3, 0.4) is 0 Å². The fourth-order valence-electron chi connectivity index (χ4n) is 3.72. The Morgan fingerprint density at radius 3 is 1.52 bits per heavy atom. The summed E-state index contributed by atoms with van der Waals surface area (Å²) in [5.41, 5.74) is 4.12. The van der Waals surface area contributed by atoms with Gasteiger partial charge in [-0.1, -0.05) is 0 Å². The molecule has 0 fully saturated rings. The van der Waals surface area contributed by atoms with Crippen molar-refractivity contribution in [3.8, 4) is 23.0 Å². The van der Waals surface area contributed by atoms with Gasteiger partial charge in [0.15, 0.2) is 0 Å². The summed E-state index contributed by atoms with van der Waals surface area (Å²) in [5.74, 6) is 1.81. The van der Waals surface area contributed by atoms with Crippen LogP contribution >= 0.6 is 0 Å². The fourth-order valence-corrected chi connectivity index (χ4v) is 9.34. The Hall–Kier alpha value is -3.28. The molecular weight excluding hydrogens is 542 g/mol. The molecule has 0 radical (unpaired) electrons. The Kier molecular flexibility index (Phi) is 5.50. The first kappa shape index (κ1) is 20.3. The van der Waals surface area contributed by atoms with Gasteiger partial charge in [-0.3, -0.25) is 0 Å². The van der Waals surface area contributed by atoms with Crippen LogP contribution in [0.15, 0.2) is 97.6 Å². The molecule has 6 aromatic heterocycles. The SMILES string of the molecule is c1ccc(-c2nc([Se]C[Se]c3nc(-c4ccccn4)n4ccccc34)c3ccccn23)nc1. The van der Waals surface area contributed by atoms with Gasteiger partial charge in [0.1, 0.15) is 0 Å². The number of imidazole rings is 2. The van der Waals surface area contributed by atoms with E-state index in [1.54, 1.807) is 0 Å². The Bertz CT molecular complexity index is 1430. The molecule has 33 heavy (non-hydrogen) atoms. The fraction of sp³-hybridized carbons (Fsp3) is 0.0400. The number of fused-ring (bicyclic) bond motifs is 2. The van der Waals surface area contributed by atoms with E-state index in [1.807, 2.05) is 60.9 Å². The number of pyridine rings is 4. The molecule has 0 aliphatic carbocycles. The van der Waals surface area contributed by atoms with E-state index in [4.69, 9.17) is 9.97 Å². The van der Waals surface area contributed by atoms with Gasteiger partial charge in [-0.05, 0) is 0 Å². The molecule has 6 aromatic rings. The van der Waals surface area contributed by atoms with Gasteiger partial charge in [0, 0.05) is 0 Å². The summed E-state index contributed by atoms with van der Waals surface area (Å²) in [6.07, 6.45) is 7.77. The summed E-state index contributed by atoms with van der Waals surface area (Å²) in [4.78, 5) is 19.0. The van der Waals surface area contributed by atoms with Crippen LogP contribution in [-0.4, -0.2) is 58.7 Å². The Morgan fingerprint density at radius 2 is 1.06 bits per heavy atom. The van der Waals surface area contributed by atoms with Crippen molar-refractivity contribution in [1.29, 1.82) is 0 Å². The molecule has 0 saturated heterocycles. The third kappa shape index (κ3) is 3.88. The zero-order valence-corrected chi connectivity index (χ0v) is 20.9. The van der Waals surface area contributed by atoms with Gasteiger partial charge < -0.3 is 0 Å². The molecule has 0 aromatic carbocycles. The predicted molar refractivity (Wildman–Crippen MR) is 132 cm³/mol. The molecule has 0 unspecified atom stereocenters. The maximum atomic E-state index is 5.01. The molecule has 0 spiro atoms. The first-order valence-electron chi connectivity index (χ1n) is 10.4. The molecular formula is C25H18N6Se2. The van der Waals surface area contributed by atoms with E-state index in [0.717, 1.165) is 38.3 Å². The number of hydrogen-bond donors (Lipinski definition) is 0. The molecule has 0 aliphatic rings. The second-order valence-electron chi connectivity index (χ2n) is 7.23. The first-order chi connectivity index (χ1) is 16.4. The normalized spacial score (nSPS) is 11.4. The zero-order chi connectivity index (χ0) is 22.0. The standard InChI is InChI=1S/C25H18N6Se2/c1-5-13-26-18(9-1)22-28-24(20-11-3-7-15-30(20)22)32-17-33-25-21-12-4-8-16-31(21)23(29-25)19-10-2-6-14-27-19/h1-16H,17H2. The molecule has 0 bridgehead atoms. The van der Waals surface area contributed by atoms with Gasteiger partial charge in [0.05, 0.1) is 0 Å². The molecule has 160 valence electrons. The van der Waals surface area contributed by atoms with Gasteiger partial charge >= 0.3 is 204 Å². The summed E-state index contributed by atoms with van der Waals surface area (Å²) in [6.45, 7) is 0. The summed E-state index contributed by atoms with van der Waals surface area (Å²) in [5, 5.41) is 0. The summed E-state index contributed by atoms with van der Waals surface area (Å²) >= 11 is 0.463. The van der Waals surface area contributed by atoms with Crippen LogP contribution in [0.25, 0.3) is 34.1 Å². The molecule has 8 heteroatoms. The van der Waals surface area contributed by atoms with Gasteiger partial charge in [0.2, 0.25) is 0 Å². The third-order valence-corrected chi connectivity index (χ3v) is 10.7. The summed E-state index contributed by atoms with van der Waals surface area (Å²) < 4.78 is 7.71. The van der Waals surface area contributed by atoms with Crippen molar-refractivity contribution in [3.05, 3.63) is 97.6 Å². The molecule has 0 aliphatic heterocycles. The van der Waals surface area contributed by atoms with Crippen molar-refractivity contribution in [2.45, 2.75) is 4.22 Å². The van der Waals surface area contributed by atoms with Gasteiger partial charge in [0.25, 0.3) is 0 Å². The Labute approximate surface area is 203 Å². The Morgan fingerprint density at radius 1 is 0.576 bits per heavy atom. The minimum absolute atomic E-state index is 0.232. The van der Waals surface area contributed by atoms with Crippen molar-refractivity contribution in [2.75, 3.05) is 0 Å². The molecule has 6 rings (SSSR count).